The Morgan fingerprint density at radius 3 is 2.75 bits per heavy atom. The van der Waals surface area contributed by atoms with Gasteiger partial charge >= 0.3 is 0 Å². The van der Waals surface area contributed by atoms with Gasteiger partial charge in [0.25, 0.3) is 0 Å². The lowest BCUT2D eigenvalue weighted by Gasteiger charge is -2.22. The van der Waals surface area contributed by atoms with Crippen molar-refractivity contribution in [2.45, 2.75) is 82.8 Å². The number of carbonyl (C=O) groups is 2. The molecule has 1 aromatic carbocycles. The fourth-order valence-corrected chi connectivity index (χ4v) is 4.64. The van der Waals surface area contributed by atoms with Crippen molar-refractivity contribution < 1.29 is 19.4 Å². The molecule has 9 heteroatoms. The van der Waals surface area contributed by atoms with Crippen molar-refractivity contribution in [1.29, 1.82) is 0 Å². The SMILES string of the molecule is CN=C(N)N[C@H](CCCC(=O)CC(=O)CCc1ccc(O)c(OC2CCCC2)c1)CCN1C=CNC1. The minimum absolute atomic E-state index is 0.0291. The number of nitrogens with one attached hydrogen (secondary N) is 2. The van der Waals surface area contributed by atoms with E-state index < -0.39 is 0 Å². The number of carbonyl (C=O) groups excluding carboxylic acids is 2. The van der Waals surface area contributed by atoms with Gasteiger partial charge in [0.15, 0.2) is 17.5 Å². The Bertz CT molecular complexity index is 927. The molecule has 0 aromatic heterocycles. The number of benzene rings is 1. The molecule has 1 fully saturated rings. The van der Waals surface area contributed by atoms with Gasteiger partial charge in [0.1, 0.15) is 11.6 Å². The molecule has 1 atom stereocenters. The normalized spacial score (nSPS) is 16.7. The highest BCUT2D eigenvalue weighted by molar-refractivity contribution is 5.99. The summed E-state index contributed by atoms with van der Waals surface area (Å²) >= 11 is 0. The molecule has 0 spiro atoms. The molecule has 5 N–H and O–H groups in total. The first-order valence-electron chi connectivity index (χ1n) is 13.1. The zero-order chi connectivity index (χ0) is 25.8. The standard InChI is InChI=1S/C27H41N5O4/c1-29-27(28)31-21(13-15-32-16-14-30-19-32)5-4-6-22(33)18-23(34)11-9-20-10-12-25(35)26(17-20)36-24-7-2-3-8-24/h10,12,14,16-17,21,24,30,35H,2-9,11,13,15,18-19H2,1H3,(H3,28,29,31)/t21-/m1/s1. The van der Waals surface area contributed by atoms with Gasteiger partial charge in [-0.1, -0.05) is 6.07 Å². The summed E-state index contributed by atoms with van der Waals surface area (Å²) < 4.78 is 5.94. The van der Waals surface area contributed by atoms with Crippen LogP contribution in [-0.4, -0.2) is 59.9 Å². The van der Waals surface area contributed by atoms with Crippen LogP contribution in [0, 0.1) is 0 Å². The number of nitrogens with zero attached hydrogens (tertiary/aromatic N) is 2. The molecule has 1 aromatic rings. The van der Waals surface area contributed by atoms with E-state index >= 15 is 0 Å². The zero-order valence-electron chi connectivity index (χ0n) is 21.4. The molecule has 0 radical (unpaired) electrons. The van der Waals surface area contributed by atoms with Crippen LogP contribution in [0.15, 0.2) is 35.6 Å². The summed E-state index contributed by atoms with van der Waals surface area (Å²) in [6, 6.07) is 5.35. The van der Waals surface area contributed by atoms with Crippen LogP contribution in [0.2, 0.25) is 0 Å². The lowest BCUT2D eigenvalue weighted by atomic mass is 10.0. The van der Waals surface area contributed by atoms with Gasteiger partial charge in [0, 0.05) is 44.9 Å². The summed E-state index contributed by atoms with van der Waals surface area (Å²) in [5.74, 6) is 0.912. The molecule has 0 unspecified atom stereocenters. The molecule has 1 aliphatic carbocycles. The molecule has 1 aliphatic heterocycles. The van der Waals surface area contributed by atoms with Crippen molar-refractivity contribution in [2.75, 3.05) is 20.3 Å². The van der Waals surface area contributed by atoms with E-state index in [1.807, 2.05) is 18.5 Å². The molecule has 9 nitrogen and oxygen atoms in total. The molecule has 198 valence electrons. The van der Waals surface area contributed by atoms with E-state index in [4.69, 9.17) is 10.5 Å². The van der Waals surface area contributed by atoms with E-state index in [-0.39, 0.29) is 35.9 Å². The number of phenols is 1. The van der Waals surface area contributed by atoms with E-state index in [0.717, 1.165) is 57.3 Å². The van der Waals surface area contributed by atoms with Gasteiger partial charge in [-0.25, -0.2) is 0 Å². The molecule has 1 heterocycles. The molecular formula is C27H41N5O4. The minimum Gasteiger partial charge on any atom is -0.504 e. The second kappa shape index (κ2) is 14.4. The second-order valence-electron chi connectivity index (χ2n) is 9.70. The Labute approximate surface area is 214 Å². The van der Waals surface area contributed by atoms with E-state index in [0.29, 0.717) is 37.4 Å². The first-order valence-corrected chi connectivity index (χ1v) is 13.1. The topological polar surface area (TPSA) is 129 Å². The van der Waals surface area contributed by atoms with E-state index in [1.165, 1.54) is 0 Å². The number of Topliss-reactive ketones (excluding diaryl/α,β-unsaturated/α-hetero) is 2. The monoisotopic (exact) mass is 499 g/mol. The second-order valence-corrected chi connectivity index (χ2v) is 9.70. The maximum absolute atomic E-state index is 12.4. The van der Waals surface area contributed by atoms with Gasteiger partial charge in [-0.15, -0.1) is 0 Å². The van der Waals surface area contributed by atoms with Crippen LogP contribution >= 0.6 is 0 Å². The number of aliphatic imine (C=N–C) groups is 1. The van der Waals surface area contributed by atoms with Crippen LogP contribution in [0.3, 0.4) is 0 Å². The number of rotatable bonds is 15. The first kappa shape index (κ1) is 27.4. The number of guanidine groups is 1. The smallest absolute Gasteiger partial charge is 0.188 e. The van der Waals surface area contributed by atoms with Crippen LogP contribution in [0.4, 0.5) is 0 Å². The molecule has 0 amide bonds. The van der Waals surface area contributed by atoms with Crippen molar-refractivity contribution in [3.8, 4) is 11.5 Å². The number of ether oxygens (including phenoxy) is 1. The zero-order valence-corrected chi connectivity index (χ0v) is 21.4. The summed E-state index contributed by atoms with van der Waals surface area (Å²) in [5, 5.41) is 16.5. The van der Waals surface area contributed by atoms with E-state index in [2.05, 4.69) is 20.5 Å². The van der Waals surface area contributed by atoms with Gasteiger partial charge in [-0.05, 0) is 69.1 Å². The van der Waals surface area contributed by atoms with Gasteiger partial charge in [-0.3, -0.25) is 14.6 Å². The fraction of sp³-hybridized carbons (Fsp3) is 0.593. The highest BCUT2D eigenvalue weighted by Crippen LogP contribution is 2.32. The number of aryl methyl sites for hydroxylation is 1. The van der Waals surface area contributed by atoms with Crippen molar-refractivity contribution >= 4 is 17.5 Å². The number of nitrogens with two attached hydrogens (primary N) is 1. The molecule has 0 bridgehead atoms. The van der Waals surface area contributed by atoms with Crippen molar-refractivity contribution in [3.05, 3.63) is 36.2 Å². The van der Waals surface area contributed by atoms with Gasteiger partial charge < -0.3 is 31.1 Å². The Hall–Kier alpha value is -3.23. The van der Waals surface area contributed by atoms with Crippen molar-refractivity contribution in [3.63, 3.8) is 0 Å². The Kier molecular flexibility index (Phi) is 10.9. The maximum atomic E-state index is 12.4. The van der Waals surface area contributed by atoms with Crippen LogP contribution in [0.1, 0.15) is 69.8 Å². The third kappa shape index (κ3) is 9.43. The number of hydrogen-bond acceptors (Lipinski definition) is 7. The predicted octanol–water partition coefficient (Wildman–Crippen LogP) is 2.97. The Morgan fingerprint density at radius 1 is 1.25 bits per heavy atom. The first-order chi connectivity index (χ1) is 17.4. The predicted molar refractivity (Wildman–Crippen MR) is 141 cm³/mol. The average Bonchev–Trinajstić information content (AvgIpc) is 3.57. The molecule has 1 saturated carbocycles. The third-order valence-electron chi connectivity index (χ3n) is 6.77. The molecular weight excluding hydrogens is 458 g/mol. The lowest BCUT2D eigenvalue weighted by molar-refractivity contribution is -0.127. The molecule has 0 saturated heterocycles. The quantitative estimate of drug-likeness (QED) is 0.165. The Morgan fingerprint density at radius 2 is 2.03 bits per heavy atom. The molecule has 36 heavy (non-hydrogen) atoms. The summed E-state index contributed by atoms with van der Waals surface area (Å²) in [5.41, 5.74) is 6.78. The van der Waals surface area contributed by atoms with Crippen LogP contribution in [0.5, 0.6) is 11.5 Å². The van der Waals surface area contributed by atoms with Gasteiger partial charge in [0.05, 0.1) is 19.2 Å². The molecule has 3 rings (SSSR count). The maximum Gasteiger partial charge on any atom is 0.188 e. The lowest BCUT2D eigenvalue weighted by Crippen LogP contribution is -2.41. The average molecular weight is 500 g/mol. The summed E-state index contributed by atoms with van der Waals surface area (Å²) in [6.45, 7) is 1.67. The van der Waals surface area contributed by atoms with Crippen molar-refractivity contribution in [2.24, 2.45) is 10.7 Å². The number of phenolic OH excluding ortho intramolecular Hbond substituents is 1. The fourth-order valence-electron chi connectivity index (χ4n) is 4.64. The van der Waals surface area contributed by atoms with Gasteiger partial charge in [-0.2, -0.15) is 0 Å². The number of ketones is 2. The van der Waals surface area contributed by atoms with Crippen molar-refractivity contribution in [1.82, 2.24) is 15.5 Å². The summed E-state index contributed by atoms with van der Waals surface area (Å²) in [6.07, 6.45) is 11.9. The van der Waals surface area contributed by atoms with E-state index in [9.17, 15) is 14.7 Å². The van der Waals surface area contributed by atoms with Crippen LogP contribution < -0.4 is 21.1 Å². The highest BCUT2D eigenvalue weighted by atomic mass is 16.5. The highest BCUT2D eigenvalue weighted by Gasteiger charge is 2.19. The summed E-state index contributed by atoms with van der Waals surface area (Å²) in [7, 11) is 1.64. The van der Waals surface area contributed by atoms with Crippen LogP contribution in [-0.2, 0) is 16.0 Å². The number of hydrogen-bond donors (Lipinski definition) is 4. The third-order valence-corrected chi connectivity index (χ3v) is 6.77. The summed E-state index contributed by atoms with van der Waals surface area (Å²) in [4.78, 5) is 31.0. The Balaban J connectivity index is 1.37. The van der Waals surface area contributed by atoms with Crippen LogP contribution in [0.25, 0.3) is 0 Å². The molecule has 2 aliphatic rings. The van der Waals surface area contributed by atoms with Gasteiger partial charge in [0.2, 0.25) is 0 Å². The largest absolute Gasteiger partial charge is 0.504 e. The minimum atomic E-state index is -0.0586. The van der Waals surface area contributed by atoms with E-state index in [1.54, 1.807) is 19.2 Å². The number of aromatic hydroxyl groups is 1.